The maximum atomic E-state index is 2.47. The molecule has 0 aliphatic rings. The molecule has 5 rings (SSSR count). The van der Waals surface area contributed by atoms with E-state index in [0.717, 1.165) is 6.54 Å². The highest BCUT2D eigenvalue weighted by Crippen LogP contribution is 2.33. The molecule has 0 fully saturated rings. The summed E-state index contributed by atoms with van der Waals surface area (Å²) in [5.74, 6) is 0. The molecule has 1 heterocycles. The molecule has 0 amide bonds. The van der Waals surface area contributed by atoms with Gasteiger partial charge in [-0.3, -0.25) is 0 Å². The van der Waals surface area contributed by atoms with Crippen molar-refractivity contribution in [3.8, 4) is 33.6 Å². The minimum atomic E-state index is 0.811. The fourth-order valence-corrected chi connectivity index (χ4v) is 4.44. The van der Waals surface area contributed by atoms with Crippen LogP contribution in [0.5, 0.6) is 0 Å². The molecule has 5 aromatic rings. The fourth-order valence-electron chi connectivity index (χ4n) is 4.44. The fraction of sp³-hybridized carbons (Fsp3) is 0.0645. The topological polar surface area (TPSA) is 3.88 Å². The third kappa shape index (κ3) is 3.98. The number of hydrogen-bond donors (Lipinski definition) is 0. The van der Waals surface area contributed by atoms with Crippen LogP contribution in [0.25, 0.3) is 33.6 Å². The van der Waals surface area contributed by atoms with Crippen LogP contribution in [0.1, 0.15) is 11.1 Å². The summed E-state index contributed by atoms with van der Waals surface area (Å²) in [5, 5.41) is 0. The molecule has 0 N–H and O–H groups in total. The second-order valence-corrected chi connectivity index (χ2v) is 8.09. The van der Waals surface area contributed by atoms with Crippen molar-refractivity contribution >= 4 is 0 Å². The maximum Gasteiger partial charge on any atom is 0.216 e. The molecule has 0 unspecified atom stereocenters. The van der Waals surface area contributed by atoms with Crippen molar-refractivity contribution in [3.05, 3.63) is 139 Å². The van der Waals surface area contributed by atoms with Crippen molar-refractivity contribution < 1.29 is 4.57 Å². The first-order valence-corrected chi connectivity index (χ1v) is 11.1. The van der Waals surface area contributed by atoms with Crippen molar-refractivity contribution in [2.45, 2.75) is 13.5 Å². The Hall–Kier alpha value is -3.97. The van der Waals surface area contributed by atoms with Gasteiger partial charge in [-0.1, -0.05) is 97.1 Å². The lowest BCUT2D eigenvalue weighted by Gasteiger charge is -2.16. The van der Waals surface area contributed by atoms with Gasteiger partial charge in [0.15, 0.2) is 6.54 Å². The van der Waals surface area contributed by atoms with Crippen LogP contribution in [0.3, 0.4) is 0 Å². The van der Waals surface area contributed by atoms with Gasteiger partial charge in [0, 0.05) is 28.3 Å². The van der Waals surface area contributed by atoms with Gasteiger partial charge in [0.05, 0.1) is 0 Å². The van der Waals surface area contributed by atoms with Crippen LogP contribution in [0.15, 0.2) is 127 Å². The molecule has 0 spiro atoms. The Bertz CT molecular complexity index is 1310. The van der Waals surface area contributed by atoms with Gasteiger partial charge in [-0.25, -0.2) is 0 Å². The molecule has 1 nitrogen and oxygen atoms in total. The Morgan fingerprint density at radius 1 is 0.531 bits per heavy atom. The molecular weight excluding hydrogens is 386 g/mol. The zero-order valence-corrected chi connectivity index (χ0v) is 18.3. The van der Waals surface area contributed by atoms with Crippen LogP contribution in [-0.2, 0) is 6.54 Å². The highest BCUT2D eigenvalue weighted by molar-refractivity contribution is 5.77. The standard InChI is InChI=1S/C31H26N/c1-24-29(26-16-8-3-9-17-26)22-30(27-18-10-4-11-19-27)32(23-25-14-6-2-7-15-25)31(24)28-20-12-5-13-21-28/h2-22H,23H2,1H3/q+1. The normalized spacial score (nSPS) is 10.8. The minimum absolute atomic E-state index is 0.811. The summed E-state index contributed by atoms with van der Waals surface area (Å²) in [6, 6.07) is 45.3. The number of pyridine rings is 1. The molecule has 32 heavy (non-hydrogen) atoms. The van der Waals surface area contributed by atoms with E-state index in [1.54, 1.807) is 0 Å². The Labute approximate surface area is 190 Å². The van der Waals surface area contributed by atoms with Crippen molar-refractivity contribution in [2.24, 2.45) is 0 Å². The van der Waals surface area contributed by atoms with Crippen molar-refractivity contribution in [1.82, 2.24) is 0 Å². The van der Waals surface area contributed by atoms with Gasteiger partial charge < -0.3 is 0 Å². The van der Waals surface area contributed by atoms with Crippen LogP contribution in [0.4, 0.5) is 0 Å². The summed E-state index contributed by atoms with van der Waals surface area (Å²) in [4.78, 5) is 0. The van der Waals surface area contributed by atoms with E-state index in [4.69, 9.17) is 0 Å². The van der Waals surface area contributed by atoms with E-state index in [1.807, 2.05) is 0 Å². The summed E-state index contributed by atoms with van der Waals surface area (Å²) in [6.45, 7) is 3.06. The van der Waals surface area contributed by atoms with Crippen LogP contribution >= 0.6 is 0 Å². The van der Waals surface area contributed by atoms with Gasteiger partial charge in [0.1, 0.15) is 0 Å². The molecule has 0 radical (unpaired) electrons. The van der Waals surface area contributed by atoms with Crippen LogP contribution in [0.2, 0.25) is 0 Å². The van der Waals surface area contributed by atoms with Crippen molar-refractivity contribution in [2.75, 3.05) is 0 Å². The largest absolute Gasteiger partial charge is 0.216 e. The second kappa shape index (κ2) is 9.03. The first-order valence-electron chi connectivity index (χ1n) is 11.1. The molecule has 154 valence electrons. The Morgan fingerprint density at radius 3 is 1.56 bits per heavy atom. The molecule has 0 bridgehead atoms. The number of hydrogen-bond acceptors (Lipinski definition) is 0. The zero-order chi connectivity index (χ0) is 21.8. The number of aromatic nitrogens is 1. The highest BCUT2D eigenvalue weighted by Gasteiger charge is 2.26. The average Bonchev–Trinajstić information content (AvgIpc) is 2.86. The molecular formula is C31H26N+. The lowest BCUT2D eigenvalue weighted by Crippen LogP contribution is -2.40. The van der Waals surface area contributed by atoms with Crippen molar-refractivity contribution in [1.29, 1.82) is 0 Å². The third-order valence-corrected chi connectivity index (χ3v) is 5.99. The summed E-state index contributed by atoms with van der Waals surface area (Å²) in [6.07, 6.45) is 0. The third-order valence-electron chi connectivity index (χ3n) is 5.99. The Morgan fingerprint density at radius 2 is 1.00 bits per heavy atom. The van der Waals surface area contributed by atoms with Crippen molar-refractivity contribution in [3.63, 3.8) is 0 Å². The van der Waals surface area contributed by atoms with Gasteiger partial charge in [-0.2, -0.15) is 4.57 Å². The molecule has 4 aromatic carbocycles. The van der Waals surface area contributed by atoms with Gasteiger partial charge in [-0.05, 0) is 42.3 Å². The summed E-state index contributed by atoms with van der Waals surface area (Å²) >= 11 is 0. The number of nitrogens with zero attached hydrogens (tertiary/aromatic N) is 1. The summed E-state index contributed by atoms with van der Waals surface area (Å²) in [5.41, 5.74) is 10.0. The summed E-state index contributed by atoms with van der Waals surface area (Å²) < 4.78 is 2.47. The second-order valence-electron chi connectivity index (χ2n) is 8.09. The summed E-state index contributed by atoms with van der Waals surface area (Å²) in [7, 11) is 0. The molecule has 0 aliphatic carbocycles. The first kappa shape index (κ1) is 20.0. The van der Waals surface area contributed by atoms with E-state index in [-0.39, 0.29) is 0 Å². The van der Waals surface area contributed by atoms with E-state index in [0.29, 0.717) is 0 Å². The number of benzene rings is 4. The Kier molecular flexibility index (Phi) is 5.63. The first-order chi connectivity index (χ1) is 15.8. The lowest BCUT2D eigenvalue weighted by molar-refractivity contribution is -0.666. The zero-order valence-electron chi connectivity index (χ0n) is 18.3. The van der Waals surface area contributed by atoms with Crippen LogP contribution in [-0.4, -0.2) is 0 Å². The molecule has 0 saturated carbocycles. The van der Waals surface area contributed by atoms with Crippen LogP contribution in [0, 0.1) is 6.92 Å². The quantitative estimate of drug-likeness (QED) is 0.266. The smallest absolute Gasteiger partial charge is 0.187 e. The minimum Gasteiger partial charge on any atom is -0.187 e. The molecule has 0 atom stereocenters. The van der Waals surface area contributed by atoms with Gasteiger partial charge in [0.25, 0.3) is 0 Å². The highest BCUT2D eigenvalue weighted by atomic mass is 15.0. The van der Waals surface area contributed by atoms with Gasteiger partial charge in [-0.15, -0.1) is 0 Å². The SMILES string of the molecule is Cc1c(-c2ccccc2)cc(-c2ccccc2)[n+](Cc2ccccc2)c1-c1ccccc1. The average molecular weight is 413 g/mol. The van der Waals surface area contributed by atoms with Gasteiger partial charge >= 0.3 is 0 Å². The molecule has 0 aliphatic heterocycles. The molecule has 1 heteroatoms. The predicted molar refractivity (Wildman–Crippen MR) is 133 cm³/mol. The Balaban J connectivity index is 1.85. The van der Waals surface area contributed by atoms with Crippen LogP contribution < -0.4 is 4.57 Å². The monoisotopic (exact) mass is 412 g/mol. The maximum absolute atomic E-state index is 2.47. The van der Waals surface area contributed by atoms with E-state index >= 15 is 0 Å². The lowest BCUT2D eigenvalue weighted by atomic mass is 9.93. The van der Waals surface area contributed by atoms with E-state index in [9.17, 15) is 0 Å². The van der Waals surface area contributed by atoms with E-state index < -0.39 is 0 Å². The van der Waals surface area contributed by atoms with E-state index in [1.165, 1.54) is 44.8 Å². The van der Waals surface area contributed by atoms with E-state index in [2.05, 4.69) is 139 Å². The molecule has 0 saturated heterocycles. The van der Waals surface area contributed by atoms with Gasteiger partial charge in [0.2, 0.25) is 11.4 Å². The number of rotatable bonds is 5. The predicted octanol–water partition coefficient (Wildman–Crippen LogP) is 7.33. The molecule has 1 aromatic heterocycles.